The summed E-state index contributed by atoms with van der Waals surface area (Å²) in [4.78, 5) is 15.0. The van der Waals surface area contributed by atoms with Crippen molar-refractivity contribution in [2.75, 3.05) is 0 Å². The van der Waals surface area contributed by atoms with E-state index < -0.39 is 0 Å². The molecule has 0 spiro atoms. The minimum Gasteiger partial charge on any atom is -0.301 e. The van der Waals surface area contributed by atoms with Gasteiger partial charge in [0.1, 0.15) is 11.3 Å². The summed E-state index contributed by atoms with van der Waals surface area (Å²) in [6, 6.07) is 80.3. The first kappa shape index (κ1) is 50.3. The summed E-state index contributed by atoms with van der Waals surface area (Å²) in [6.45, 7) is 17.5. The van der Waals surface area contributed by atoms with Gasteiger partial charge in [-0.05, 0) is 209 Å². The molecule has 14 rings (SSSR count). The maximum absolute atomic E-state index is 5.08. The topological polar surface area (TPSA) is 47.5 Å². The minimum atomic E-state index is 0.938. The SMILES string of the molecule is Cc1nc2c3ccc(-c4ccccc4-c4cc(-c5ccccc5-c5ccc(-c6cc(-c7ccc(-c8ccccc8)cc7)ccn6)cc5)cc(-c5ccccc5-c5ccc6c(c5)c(C)c(C)n5c(C)c(C)nc65)c4)cc3c(C)c(C)n2c1C. The van der Waals surface area contributed by atoms with Gasteiger partial charge in [-0.2, -0.15) is 0 Å². The highest BCUT2D eigenvalue weighted by Gasteiger charge is 2.21. The Kier molecular flexibility index (Phi) is 12.2. The first-order chi connectivity index (χ1) is 40.0. The maximum Gasteiger partial charge on any atom is 0.145 e. The van der Waals surface area contributed by atoms with Crippen molar-refractivity contribution in [3.63, 3.8) is 0 Å². The molecule has 0 aliphatic rings. The average molecular weight is 1060 g/mol. The lowest BCUT2D eigenvalue weighted by molar-refractivity contribution is 1.02. The smallest absolute Gasteiger partial charge is 0.145 e. The Hall–Kier alpha value is -9.97. The molecule has 9 aromatic carbocycles. The summed E-state index contributed by atoms with van der Waals surface area (Å²) >= 11 is 0. The Balaban J connectivity index is 0.900. The van der Waals surface area contributed by atoms with Gasteiger partial charge in [0.25, 0.3) is 0 Å². The summed E-state index contributed by atoms with van der Waals surface area (Å²) in [5, 5.41) is 4.78. The molecule has 0 aliphatic heterocycles. The number of pyridine rings is 3. The largest absolute Gasteiger partial charge is 0.301 e. The molecule has 0 unspecified atom stereocenters. The zero-order valence-corrected chi connectivity index (χ0v) is 47.6. The molecule has 5 aromatic heterocycles. The highest BCUT2D eigenvalue weighted by Crippen LogP contribution is 2.44. The van der Waals surface area contributed by atoms with Crippen LogP contribution in [0.3, 0.4) is 0 Å². The van der Waals surface area contributed by atoms with E-state index >= 15 is 0 Å². The van der Waals surface area contributed by atoms with Crippen LogP contribution >= 0.6 is 0 Å². The van der Waals surface area contributed by atoms with E-state index in [1.54, 1.807) is 0 Å². The van der Waals surface area contributed by atoms with Crippen molar-refractivity contribution in [1.29, 1.82) is 0 Å². The number of hydrogen-bond acceptors (Lipinski definition) is 3. The van der Waals surface area contributed by atoms with Crippen molar-refractivity contribution in [2.45, 2.75) is 55.4 Å². The van der Waals surface area contributed by atoms with Gasteiger partial charge < -0.3 is 8.80 Å². The summed E-state index contributed by atoms with van der Waals surface area (Å²) < 4.78 is 4.64. The van der Waals surface area contributed by atoms with E-state index in [-0.39, 0.29) is 0 Å². The van der Waals surface area contributed by atoms with Crippen LogP contribution in [0.5, 0.6) is 0 Å². The van der Waals surface area contributed by atoms with Crippen LogP contribution in [0.25, 0.3) is 133 Å². The van der Waals surface area contributed by atoms with Crippen LogP contribution in [0.1, 0.15) is 45.3 Å². The second kappa shape index (κ2) is 20.0. The second-order valence-corrected chi connectivity index (χ2v) is 22.2. The van der Waals surface area contributed by atoms with Crippen LogP contribution < -0.4 is 0 Å². The minimum absolute atomic E-state index is 0.938. The van der Waals surface area contributed by atoms with Gasteiger partial charge in [-0.3, -0.25) is 4.98 Å². The van der Waals surface area contributed by atoms with E-state index in [0.29, 0.717) is 0 Å². The average Bonchev–Trinajstić information content (AvgIpc) is 2.89. The molecule has 0 amide bonds. The van der Waals surface area contributed by atoms with Gasteiger partial charge in [-0.15, -0.1) is 0 Å². The lowest BCUT2D eigenvalue weighted by atomic mass is 9.85. The van der Waals surface area contributed by atoms with E-state index in [1.807, 2.05) is 6.20 Å². The third-order valence-electron chi connectivity index (χ3n) is 17.6. The van der Waals surface area contributed by atoms with E-state index in [9.17, 15) is 0 Å². The summed E-state index contributed by atoms with van der Waals surface area (Å²) in [5.41, 5.74) is 32.1. The number of hydrogen-bond donors (Lipinski definition) is 0. The van der Waals surface area contributed by atoms with Crippen LogP contribution in [0.2, 0.25) is 0 Å². The molecule has 0 radical (unpaired) electrons. The molecule has 5 heteroatoms. The molecule has 82 heavy (non-hydrogen) atoms. The monoisotopic (exact) mass is 1060 g/mol. The van der Waals surface area contributed by atoms with Crippen LogP contribution in [0.4, 0.5) is 0 Å². The quantitative estimate of drug-likeness (QED) is 0.145. The van der Waals surface area contributed by atoms with Gasteiger partial charge in [0, 0.05) is 45.3 Å². The fourth-order valence-corrected chi connectivity index (χ4v) is 12.7. The standard InChI is InChI=1S/C77H61N5/c1-46-50(5)81-52(7)48(3)79-76(81)71-36-34-60(43-73(46)71)66-21-13-16-24-69(66)63-40-62(41-64(42-63)70-25-17-14-22-67(70)61-35-37-72-74(44-61)47(2)51(6)82-53(8)49(4)80-77(72)82)68-23-15-12-20-65(68)57-30-32-58(33-31-57)75-45-59(38-39-78-75)56-28-26-55(27-29-56)54-18-10-9-11-19-54/h9-45H,1-8H3. The molecule has 0 saturated carbocycles. The molecule has 0 bridgehead atoms. The molecule has 0 N–H and O–H groups in total. The number of imidazole rings is 2. The maximum atomic E-state index is 5.08. The van der Waals surface area contributed by atoms with Crippen molar-refractivity contribution in [2.24, 2.45) is 0 Å². The number of rotatable bonds is 9. The molecule has 14 aromatic rings. The lowest BCUT2D eigenvalue weighted by Crippen LogP contribution is -1.99. The zero-order valence-electron chi connectivity index (χ0n) is 47.6. The third kappa shape index (κ3) is 8.42. The van der Waals surface area contributed by atoms with Crippen LogP contribution in [-0.4, -0.2) is 23.8 Å². The van der Waals surface area contributed by atoms with Crippen LogP contribution in [0, 0.1) is 55.4 Å². The van der Waals surface area contributed by atoms with Gasteiger partial charge in [0.05, 0.1) is 17.1 Å². The predicted molar refractivity (Wildman–Crippen MR) is 344 cm³/mol. The summed E-state index contributed by atoms with van der Waals surface area (Å²) in [6.07, 6.45) is 1.92. The summed E-state index contributed by atoms with van der Waals surface area (Å²) in [5.74, 6) is 0. The lowest BCUT2D eigenvalue weighted by Gasteiger charge is -2.19. The Morgan fingerprint density at radius 2 is 0.610 bits per heavy atom. The number of nitrogens with zero attached hydrogens (tertiary/aromatic N) is 5. The number of fused-ring (bicyclic) bond motifs is 6. The van der Waals surface area contributed by atoms with Crippen molar-refractivity contribution >= 4 is 32.8 Å². The Bertz CT molecular complexity index is 4660. The van der Waals surface area contributed by atoms with Gasteiger partial charge in [-0.25, -0.2) is 9.97 Å². The van der Waals surface area contributed by atoms with Gasteiger partial charge >= 0.3 is 0 Å². The van der Waals surface area contributed by atoms with Gasteiger partial charge in [0.2, 0.25) is 0 Å². The molecule has 5 heterocycles. The first-order valence-electron chi connectivity index (χ1n) is 28.4. The number of benzene rings is 9. The van der Waals surface area contributed by atoms with E-state index in [2.05, 4.69) is 283 Å². The van der Waals surface area contributed by atoms with Gasteiger partial charge in [-0.1, -0.05) is 176 Å². The highest BCUT2D eigenvalue weighted by atomic mass is 15.0. The normalized spacial score (nSPS) is 11.7. The zero-order chi connectivity index (χ0) is 55.9. The molecule has 5 nitrogen and oxygen atoms in total. The number of aromatic nitrogens is 5. The molecular weight excluding hydrogens is 995 g/mol. The molecule has 0 aliphatic carbocycles. The highest BCUT2D eigenvalue weighted by molar-refractivity contribution is 6.03. The van der Waals surface area contributed by atoms with Crippen LogP contribution in [0.15, 0.2) is 225 Å². The number of aryl methyl sites for hydroxylation is 8. The molecule has 0 atom stereocenters. The van der Waals surface area contributed by atoms with E-state index in [4.69, 9.17) is 15.0 Å². The van der Waals surface area contributed by atoms with E-state index in [0.717, 1.165) is 78.4 Å². The summed E-state index contributed by atoms with van der Waals surface area (Å²) in [7, 11) is 0. The Labute approximate surface area is 479 Å². The van der Waals surface area contributed by atoms with E-state index in [1.165, 1.54) is 100.0 Å². The second-order valence-electron chi connectivity index (χ2n) is 22.2. The molecule has 0 fully saturated rings. The van der Waals surface area contributed by atoms with Crippen LogP contribution in [-0.2, 0) is 0 Å². The van der Waals surface area contributed by atoms with Crippen molar-refractivity contribution in [3.05, 3.63) is 270 Å². The fraction of sp³-hybridized carbons (Fsp3) is 0.104. The fourth-order valence-electron chi connectivity index (χ4n) is 12.7. The molecular formula is C77H61N5. The Morgan fingerprint density at radius 1 is 0.256 bits per heavy atom. The third-order valence-corrected chi connectivity index (χ3v) is 17.6. The Morgan fingerprint density at radius 3 is 1.06 bits per heavy atom. The first-order valence-corrected chi connectivity index (χ1v) is 28.4. The van der Waals surface area contributed by atoms with Crippen molar-refractivity contribution < 1.29 is 0 Å². The van der Waals surface area contributed by atoms with Crippen molar-refractivity contribution in [1.82, 2.24) is 23.8 Å². The molecule has 0 saturated heterocycles. The molecule has 394 valence electrons. The van der Waals surface area contributed by atoms with Crippen molar-refractivity contribution in [3.8, 4) is 100 Å². The van der Waals surface area contributed by atoms with Gasteiger partial charge in [0.15, 0.2) is 0 Å². The predicted octanol–water partition coefficient (Wildman–Crippen LogP) is 20.2.